The molecular formula is C17H20FNO. The third kappa shape index (κ3) is 3.58. The van der Waals surface area contributed by atoms with Crippen LogP contribution < -0.4 is 10.5 Å². The summed E-state index contributed by atoms with van der Waals surface area (Å²) >= 11 is 0. The summed E-state index contributed by atoms with van der Waals surface area (Å²) in [5.74, 6) is 0.353. The van der Waals surface area contributed by atoms with Crippen molar-refractivity contribution < 1.29 is 9.13 Å². The highest BCUT2D eigenvalue weighted by molar-refractivity contribution is 5.28. The topological polar surface area (TPSA) is 35.2 Å². The zero-order valence-corrected chi connectivity index (χ0v) is 11.8. The van der Waals surface area contributed by atoms with Gasteiger partial charge in [-0.05, 0) is 43.2 Å². The van der Waals surface area contributed by atoms with Gasteiger partial charge in [0, 0.05) is 6.04 Å². The predicted octanol–water partition coefficient (Wildman–Crippen LogP) is 3.99. The maximum absolute atomic E-state index is 12.9. The standard InChI is InChI=1S/C17H20FNO/c1-3-16(19)17(13-6-4-5-12(2)11-13)20-15-9-7-14(18)8-10-15/h4-11,16-17H,3,19H2,1-2H3. The maximum Gasteiger partial charge on any atom is 0.139 e. The highest BCUT2D eigenvalue weighted by Crippen LogP contribution is 2.26. The summed E-state index contributed by atoms with van der Waals surface area (Å²) in [6, 6.07) is 14.0. The summed E-state index contributed by atoms with van der Waals surface area (Å²) in [4.78, 5) is 0. The second-order valence-electron chi connectivity index (χ2n) is 4.98. The minimum atomic E-state index is -0.274. The third-order valence-corrected chi connectivity index (χ3v) is 3.31. The molecular weight excluding hydrogens is 253 g/mol. The first-order valence-electron chi connectivity index (χ1n) is 6.84. The number of nitrogens with two attached hydrogens (primary N) is 1. The van der Waals surface area contributed by atoms with E-state index in [4.69, 9.17) is 10.5 Å². The van der Waals surface area contributed by atoms with E-state index in [0.717, 1.165) is 12.0 Å². The average molecular weight is 273 g/mol. The van der Waals surface area contributed by atoms with Gasteiger partial charge in [-0.2, -0.15) is 0 Å². The van der Waals surface area contributed by atoms with Crippen LogP contribution in [0.3, 0.4) is 0 Å². The predicted molar refractivity (Wildman–Crippen MR) is 79.2 cm³/mol. The lowest BCUT2D eigenvalue weighted by Gasteiger charge is -2.25. The Morgan fingerprint density at radius 1 is 1.15 bits per heavy atom. The molecule has 0 fully saturated rings. The molecule has 20 heavy (non-hydrogen) atoms. The Kier molecular flexibility index (Phi) is 4.74. The molecule has 106 valence electrons. The van der Waals surface area contributed by atoms with Crippen molar-refractivity contribution in [1.82, 2.24) is 0 Å². The largest absolute Gasteiger partial charge is 0.484 e. The second-order valence-corrected chi connectivity index (χ2v) is 4.98. The van der Waals surface area contributed by atoms with Crippen LogP contribution in [-0.4, -0.2) is 6.04 Å². The van der Waals surface area contributed by atoms with E-state index in [1.807, 2.05) is 32.0 Å². The molecule has 0 aliphatic heterocycles. The van der Waals surface area contributed by atoms with Gasteiger partial charge in [0.2, 0.25) is 0 Å². The summed E-state index contributed by atoms with van der Waals surface area (Å²) in [5, 5.41) is 0. The van der Waals surface area contributed by atoms with Gasteiger partial charge >= 0.3 is 0 Å². The lowest BCUT2D eigenvalue weighted by atomic mass is 9.99. The molecule has 0 bridgehead atoms. The van der Waals surface area contributed by atoms with E-state index >= 15 is 0 Å². The van der Waals surface area contributed by atoms with Crippen LogP contribution in [0.1, 0.15) is 30.6 Å². The quantitative estimate of drug-likeness (QED) is 0.894. The molecule has 2 aromatic rings. The van der Waals surface area contributed by atoms with Crippen molar-refractivity contribution in [2.24, 2.45) is 5.73 Å². The number of ether oxygens (including phenoxy) is 1. The Labute approximate surface area is 119 Å². The van der Waals surface area contributed by atoms with Crippen molar-refractivity contribution in [3.05, 3.63) is 65.5 Å². The molecule has 0 radical (unpaired) electrons. The maximum atomic E-state index is 12.9. The number of rotatable bonds is 5. The van der Waals surface area contributed by atoms with Crippen LogP contribution in [0.4, 0.5) is 4.39 Å². The smallest absolute Gasteiger partial charge is 0.139 e. The third-order valence-electron chi connectivity index (χ3n) is 3.31. The Bertz CT molecular complexity index is 553. The fourth-order valence-corrected chi connectivity index (χ4v) is 2.12. The molecule has 0 saturated carbocycles. The Morgan fingerprint density at radius 3 is 2.45 bits per heavy atom. The van der Waals surface area contributed by atoms with Gasteiger partial charge in [-0.1, -0.05) is 36.8 Å². The summed E-state index contributed by atoms with van der Waals surface area (Å²) in [6.45, 7) is 4.07. The molecule has 0 aliphatic rings. The number of hydrogen-bond donors (Lipinski definition) is 1. The van der Waals surface area contributed by atoms with Crippen molar-refractivity contribution >= 4 is 0 Å². The normalized spacial score (nSPS) is 13.8. The molecule has 0 aliphatic carbocycles. The summed E-state index contributed by atoms with van der Waals surface area (Å²) in [5.41, 5.74) is 8.39. The molecule has 3 heteroatoms. The van der Waals surface area contributed by atoms with Gasteiger partial charge in [-0.15, -0.1) is 0 Å². The van der Waals surface area contributed by atoms with Gasteiger partial charge in [0.1, 0.15) is 17.7 Å². The van der Waals surface area contributed by atoms with Gasteiger partial charge in [0.25, 0.3) is 0 Å². The van der Waals surface area contributed by atoms with Gasteiger partial charge in [-0.25, -0.2) is 4.39 Å². The number of aryl methyl sites for hydroxylation is 1. The van der Waals surface area contributed by atoms with Crippen molar-refractivity contribution in [3.8, 4) is 5.75 Å². The lowest BCUT2D eigenvalue weighted by Crippen LogP contribution is -2.31. The molecule has 2 unspecified atom stereocenters. The first-order valence-corrected chi connectivity index (χ1v) is 6.84. The first kappa shape index (κ1) is 14.5. The number of hydrogen-bond acceptors (Lipinski definition) is 2. The zero-order valence-electron chi connectivity index (χ0n) is 11.8. The van der Waals surface area contributed by atoms with E-state index in [-0.39, 0.29) is 18.0 Å². The summed E-state index contributed by atoms with van der Waals surface area (Å²) < 4.78 is 18.9. The number of benzene rings is 2. The zero-order chi connectivity index (χ0) is 14.5. The van der Waals surface area contributed by atoms with Gasteiger partial charge in [-0.3, -0.25) is 0 Å². The Hall–Kier alpha value is -1.87. The van der Waals surface area contributed by atoms with Crippen molar-refractivity contribution in [3.63, 3.8) is 0 Å². The number of halogens is 1. The van der Waals surface area contributed by atoms with E-state index in [0.29, 0.717) is 5.75 Å². The van der Waals surface area contributed by atoms with E-state index in [1.165, 1.54) is 17.7 Å². The molecule has 0 heterocycles. The molecule has 0 aromatic heterocycles. The molecule has 2 N–H and O–H groups in total. The molecule has 2 nitrogen and oxygen atoms in total. The van der Waals surface area contributed by atoms with Gasteiger partial charge in [0.15, 0.2) is 0 Å². The van der Waals surface area contributed by atoms with Crippen molar-refractivity contribution in [1.29, 1.82) is 0 Å². The fraction of sp³-hybridized carbons (Fsp3) is 0.294. The molecule has 2 rings (SSSR count). The average Bonchev–Trinajstić information content (AvgIpc) is 2.46. The van der Waals surface area contributed by atoms with E-state index < -0.39 is 0 Å². The van der Waals surface area contributed by atoms with Crippen LogP contribution in [0.2, 0.25) is 0 Å². The minimum Gasteiger partial charge on any atom is -0.484 e. The van der Waals surface area contributed by atoms with Crippen LogP contribution in [-0.2, 0) is 0 Å². The van der Waals surface area contributed by atoms with Gasteiger partial charge < -0.3 is 10.5 Å². The van der Waals surface area contributed by atoms with E-state index in [1.54, 1.807) is 12.1 Å². The first-order chi connectivity index (χ1) is 9.60. The molecule has 2 aromatic carbocycles. The lowest BCUT2D eigenvalue weighted by molar-refractivity contribution is 0.171. The summed E-state index contributed by atoms with van der Waals surface area (Å²) in [6.07, 6.45) is 0.574. The van der Waals surface area contributed by atoms with Crippen LogP contribution in [0.5, 0.6) is 5.75 Å². The molecule has 2 atom stereocenters. The minimum absolute atomic E-state index is 0.109. The Morgan fingerprint density at radius 2 is 1.85 bits per heavy atom. The van der Waals surface area contributed by atoms with E-state index in [2.05, 4.69) is 6.07 Å². The van der Waals surface area contributed by atoms with Crippen LogP contribution in [0.15, 0.2) is 48.5 Å². The van der Waals surface area contributed by atoms with Crippen LogP contribution in [0.25, 0.3) is 0 Å². The van der Waals surface area contributed by atoms with Crippen molar-refractivity contribution in [2.45, 2.75) is 32.4 Å². The molecule has 0 saturated heterocycles. The highest BCUT2D eigenvalue weighted by atomic mass is 19.1. The highest BCUT2D eigenvalue weighted by Gasteiger charge is 2.20. The second kappa shape index (κ2) is 6.53. The fourth-order valence-electron chi connectivity index (χ4n) is 2.12. The Balaban J connectivity index is 2.26. The van der Waals surface area contributed by atoms with Crippen LogP contribution >= 0.6 is 0 Å². The SMILES string of the molecule is CCC(N)C(Oc1ccc(F)cc1)c1cccc(C)c1. The van der Waals surface area contributed by atoms with E-state index in [9.17, 15) is 4.39 Å². The summed E-state index contributed by atoms with van der Waals surface area (Å²) in [7, 11) is 0. The molecule has 0 spiro atoms. The van der Waals surface area contributed by atoms with Crippen molar-refractivity contribution in [2.75, 3.05) is 0 Å². The van der Waals surface area contributed by atoms with Crippen LogP contribution in [0, 0.1) is 12.7 Å². The molecule has 0 amide bonds. The monoisotopic (exact) mass is 273 g/mol. The van der Waals surface area contributed by atoms with Gasteiger partial charge in [0.05, 0.1) is 0 Å².